The van der Waals surface area contributed by atoms with Crippen molar-refractivity contribution in [1.29, 1.82) is 0 Å². The average molecular weight is 248 g/mol. The fraction of sp³-hybridized carbons (Fsp3) is 0.500. The van der Waals surface area contributed by atoms with Crippen molar-refractivity contribution in [3.05, 3.63) is 24.3 Å². The lowest BCUT2D eigenvalue weighted by Gasteiger charge is -2.26. The number of carbonyl (C=O) groups is 1. The van der Waals surface area contributed by atoms with E-state index in [2.05, 4.69) is 0 Å². The zero-order valence-electron chi connectivity index (χ0n) is 10.9. The Labute approximate surface area is 108 Å². The van der Waals surface area contributed by atoms with Crippen LogP contribution in [0.4, 0.5) is 5.69 Å². The van der Waals surface area contributed by atoms with Crippen molar-refractivity contribution in [1.82, 2.24) is 0 Å². The summed E-state index contributed by atoms with van der Waals surface area (Å²) in [4.78, 5) is 14.2. The van der Waals surface area contributed by atoms with Crippen LogP contribution in [0.1, 0.15) is 20.3 Å². The van der Waals surface area contributed by atoms with Crippen LogP contribution in [0.2, 0.25) is 0 Å². The normalized spacial score (nSPS) is 16.8. The molecule has 0 saturated carbocycles. The number of hydrogen-bond acceptors (Lipinski definition) is 3. The second kappa shape index (κ2) is 5.40. The van der Waals surface area contributed by atoms with Crippen molar-refractivity contribution in [2.75, 3.05) is 18.1 Å². The third kappa shape index (κ3) is 2.48. The molecule has 0 aliphatic carbocycles. The highest BCUT2D eigenvalue weighted by Crippen LogP contribution is 2.31. The highest BCUT2D eigenvalue weighted by atomic mass is 16.5. The van der Waals surface area contributed by atoms with E-state index < -0.39 is 6.04 Å². The molecule has 4 nitrogen and oxygen atoms in total. The Morgan fingerprint density at radius 3 is 2.83 bits per heavy atom. The van der Waals surface area contributed by atoms with Gasteiger partial charge in [0.05, 0.1) is 18.3 Å². The smallest absolute Gasteiger partial charge is 0.244 e. The molecular weight excluding hydrogens is 228 g/mol. The fourth-order valence-corrected chi connectivity index (χ4v) is 2.02. The Balaban J connectivity index is 2.30. The van der Waals surface area contributed by atoms with Gasteiger partial charge < -0.3 is 15.4 Å². The third-order valence-corrected chi connectivity index (χ3v) is 3.21. The molecule has 1 atom stereocenters. The monoisotopic (exact) mass is 248 g/mol. The van der Waals surface area contributed by atoms with E-state index in [9.17, 15) is 4.79 Å². The van der Waals surface area contributed by atoms with Crippen molar-refractivity contribution < 1.29 is 9.53 Å². The number of fused-ring (bicyclic) bond motifs is 1. The van der Waals surface area contributed by atoms with Gasteiger partial charge in [0.1, 0.15) is 5.75 Å². The number of benzene rings is 1. The van der Waals surface area contributed by atoms with E-state index in [0.29, 0.717) is 13.2 Å². The lowest BCUT2D eigenvalue weighted by molar-refractivity contribution is -0.120. The minimum Gasteiger partial charge on any atom is -0.491 e. The Bertz CT molecular complexity index is 432. The lowest BCUT2D eigenvalue weighted by atomic mass is 10.0. The van der Waals surface area contributed by atoms with Crippen molar-refractivity contribution in [3.8, 4) is 5.75 Å². The molecule has 2 N–H and O–H groups in total. The summed E-state index contributed by atoms with van der Waals surface area (Å²) in [6.45, 7) is 5.22. The summed E-state index contributed by atoms with van der Waals surface area (Å²) >= 11 is 0. The molecule has 1 amide bonds. The number of ether oxygens (including phenoxy) is 1. The Morgan fingerprint density at radius 1 is 1.39 bits per heavy atom. The van der Waals surface area contributed by atoms with Gasteiger partial charge in [0.15, 0.2) is 0 Å². The maximum Gasteiger partial charge on any atom is 0.244 e. The zero-order valence-corrected chi connectivity index (χ0v) is 10.9. The van der Waals surface area contributed by atoms with Crippen molar-refractivity contribution in [2.45, 2.75) is 26.3 Å². The molecule has 0 bridgehead atoms. The van der Waals surface area contributed by atoms with Crippen LogP contribution in [-0.4, -0.2) is 25.1 Å². The van der Waals surface area contributed by atoms with Crippen molar-refractivity contribution >= 4 is 11.6 Å². The number of amides is 1. The van der Waals surface area contributed by atoms with Gasteiger partial charge in [0, 0.05) is 6.54 Å². The molecule has 18 heavy (non-hydrogen) atoms. The van der Waals surface area contributed by atoms with Crippen molar-refractivity contribution in [2.24, 2.45) is 11.7 Å². The highest BCUT2D eigenvalue weighted by molar-refractivity contribution is 5.98. The van der Waals surface area contributed by atoms with Crippen LogP contribution in [0.15, 0.2) is 24.3 Å². The van der Waals surface area contributed by atoms with E-state index in [1.165, 1.54) is 0 Å². The van der Waals surface area contributed by atoms with E-state index in [0.717, 1.165) is 17.9 Å². The molecule has 1 heterocycles. The summed E-state index contributed by atoms with van der Waals surface area (Å²) in [5.74, 6) is 0.871. The second-order valence-electron chi connectivity index (χ2n) is 4.93. The molecule has 0 spiro atoms. The Hall–Kier alpha value is -1.55. The van der Waals surface area contributed by atoms with Crippen LogP contribution < -0.4 is 15.4 Å². The van der Waals surface area contributed by atoms with Crippen LogP contribution in [-0.2, 0) is 4.79 Å². The molecule has 0 fully saturated rings. The van der Waals surface area contributed by atoms with Crippen LogP contribution in [0.25, 0.3) is 0 Å². The van der Waals surface area contributed by atoms with Crippen LogP contribution >= 0.6 is 0 Å². The number of hydrogen-bond donors (Lipinski definition) is 1. The predicted octanol–water partition coefficient (Wildman–Crippen LogP) is 1.79. The predicted molar refractivity (Wildman–Crippen MR) is 71.7 cm³/mol. The third-order valence-electron chi connectivity index (χ3n) is 3.21. The summed E-state index contributed by atoms with van der Waals surface area (Å²) in [6.07, 6.45) is 0.825. The van der Waals surface area contributed by atoms with Crippen LogP contribution in [0.5, 0.6) is 5.75 Å². The van der Waals surface area contributed by atoms with E-state index >= 15 is 0 Å². The molecule has 2 rings (SSSR count). The maximum atomic E-state index is 12.4. The summed E-state index contributed by atoms with van der Waals surface area (Å²) in [6, 6.07) is 7.16. The van der Waals surface area contributed by atoms with Crippen molar-refractivity contribution in [3.63, 3.8) is 0 Å². The Kier molecular flexibility index (Phi) is 3.87. The first-order valence-electron chi connectivity index (χ1n) is 6.40. The van der Waals surface area contributed by atoms with E-state index in [1.807, 2.05) is 38.1 Å². The average Bonchev–Trinajstić information content (AvgIpc) is 2.59. The standard InChI is InChI=1S/C14H20N2O2/c1-10(2)13(15)14(17)16-8-5-9-18-12-7-4-3-6-11(12)16/h3-4,6-7,10,13H,5,8-9,15H2,1-2H3. The minimum absolute atomic E-state index is 0.0250. The van der Waals surface area contributed by atoms with Gasteiger partial charge in [-0.1, -0.05) is 26.0 Å². The van der Waals surface area contributed by atoms with Gasteiger partial charge >= 0.3 is 0 Å². The Morgan fingerprint density at radius 2 is 2.11 bits per heavy atom. The molecule has 0 aromatic heterocycles. The highest BCUT2D eigenvalue weighted by Gasteiger charge is 2.27. The molecular formula is C14H20N2O2. The van der Waals surface area contributed by atoms with Crippen LogP contribution in [0.3, 0.4) is 0 Å². The fourth-order valence-electron chi connectivity index (χ4n) is 2.02. The van der Waals surface area contributed by atoms with Gasteiger partial charge in [0.2, 0.25) is 5.91 Å². The van der Waals surface area contributed by atoms with E-state index in [-0.39, 0.29) is 11.8 Å². The first-order chi connectivity index (χ1) is 8.61. The molecule has 1 aliphatic rings. The van der Waals surface area contributed by atoms with Gasteiger partial charge in [-0.15, -0.1) is 0 Å². The molecule has 0 radical (unpaired) electrons. The number of nitrogens with zero attached hydrogens (tertiary/aromatic N) is 1. The number of para-hydroxylation sites is 2. The van der Waals surface area contributed by atoms with Gasteiger partial charge in [-0.25, -0.2) is 0 Å². The number of anilines is 1. The largest absolute Gasteiger partial charge is 0.491 e. The molecule has 1 aromatic rings. The number of nitrogens with two attached hydrogens (primary N) is 1. The quantitative estimate of drug-likeness (QED) is 0.868. The van der Waals surface area contributed by atoms with Gasteiger partial charge in [-0.05, 0) is 24.5 Å². The van der Waals surface area contributed by atoms with Gasteiger partial charge in [0.25, 0.3) is 0 Å². The second-order valence-corrected chi connectivity index (χ2v) is 4.93. The van der Waals surface area contributed by atoms with E-state index in [4.69, 9.17) is 10.5 Å². The SMILES string of the molecule is CC(C)C(N)C(=O)N1CCCOc2ccccc21. The summed E-state index contributed by atoms with van der Waals surface area (Å²) in [7, 11) is 0. The molecule has 0 saturated heterocycles. The molecule has 1 unspecified atom stereocenters. The maximum absolute atomic E-state index is 12.4. The zero-order chi connectivity index (χ0) is 13.1. The minimum atomic E-state index is -0.462. The van der Waals surface area contributed by atoms with Gasteiger partial charge in [-0.2, -0.15) is 0 Å². The van der Waals surface area contributed by atoms with Gasteiger partial charge in [-0.3, -0.25) is 4.79 Å². The molecule has 4 heteroatoms. The summed E-state index contributed by atoms with van der Waals surface area (Å²) < 4.78 is 5.63. The first-order valence-corrected chi connectivity index (χ1v) is 6.40. The summed E-state index contributed by atoms with van der Waals surface area (Å²) in [5, 5.41) is 0. The summed E-state index contributed by atoms with van der Waals surface area (Å²) in [5.41, 5.74) is 6.80. The molecule has 1 aliphatic heterocycles. The molecule has 98 valence electrons. The first kappa shape index (κ1) is 12.9. The topological polar surface area (TPSA) is 55.6 Å². The van der Waals surface area contributed by atoms with Crippen LogP contribution in [0, 0.1) is 5.92 Å². The number of rotatable bonds is 2. The van der Waals surface area contributed by atoms with E-state index in [1.54, 1.807) is 4.90 Å². The molecule has 1 aromatic carbocycles. The lowest BCUT2D eigenvalue weighted by Crippen LogP contribution is -2.47. The number of carbonyl (C=O) groups excluding carboxylic acids is 1.